The number of nitrogens with two attached hydrogens (primary N) is 1. The molecule has 0 radical (unpaired) electrons. The lowest BCUT2D eigenvalue weighted by molar-refractivity contribution is -0.185. The van der Waals surface area contributed by atoms with E-state index in [1.54, 1.807) is 5.32 Å². The van der Waals surface area contributed by atoms with Crippen molar-refractivity contribution in [1.29, 1.82) is 0 Å². The summed E-state index contributed by atoms with van der Waals surface area (Å²) in [5.41, 5.74) is 2.38. The first-order valence-electron chi connectivity index (χ1n) is 10.7. The van der Waals surface area contributed by atoms with E-state index in [0.29, 0.717) is 0 Å². The summed E-state index contributed by atoms with van der Waals surface area (Å²) in [5, 5.41) is 135. The number of aliphatic hydroxyl groups is 4. The normalized spacial score (nSPS) is 12.0. The van der Waals surface area contributed by atoms with Gasteiger partial charge < -0.3 is 77.4 Å². The van der Waals surface area contributed by atoms with Crippen LogP contribution >= 0.6 is 11.3 Å². The smallest absolute Gasteiger partial charge is 0.291 e. The molecule has 0 bridgehead atoms. The number of nitrogens with one attached hydrogen (secondary N) is 2. The van der Waals surface area contributed by atoms with Crippen LogP contribution in [0, 0.1) is 0 Å². The van der Waals surface area contributed by atoms with E-state index < -0.39 is 111 Å². The zero-order valence-electron chi connectivity index (χ0n) is 19.9. The largest absolute Gasteiger partial charge is 0.504 e. The first kappa shape index (κ1) is 29.9. The number of aromatic hydroxyl groups is 9. The number of thiazole rings is 1. The van der Waals surface area contributed by atoms with Crippen LogP contribution in [0.25, 0.3) is 0 Å². The maximum Gasteiger partial charge on any atom is 0.291 e. The summed E-state index contributed by atoms with van der Waals surface area (Å²) in [6, 6.07) is 0. The summed E-state index contributed by atoms with van der Waals surface area (Å²) < 4.78 is 0. The molecular formula is C21H24N4O14S. The minimum atomic E-state index is -3.31. The van der Waals surface area contributed by atoms with E-state index in [1.807, 2.05) is 0 Å². The molecule has 19 heteroatoms. The van der Waals surface area contributed by atoms with Crippen molar-refractivity contribution in [3.8, 4) is 51.7 Å². The molecule has 0 saturated heterocycles. The lowest BCUT2D eigenvalue weighted by atomic mass is 10.0. The van der Waals surface area contributed by atoms with Gasteiger partial charge in [-0.05, 0) is 6.42 Å². The zero-order valence-corrected chi connectivity index (χ0v) is 20.7. The summed E-state index contributed by atoms with van der Waals surface area (Å²) in [5.74, 6) is -18.8. The number of aromatic nitrogens is 1. The number of phenolic OH excluding ortho intramolecular Hbond substituents is 9. The lowest BCUT2D eigenvalue weighted by Gasteiger charge is -2.25. The van der Waals surface area contributed by atoms with Crippen LogP contribution in [-0.2, 0) is 23.4 Å². The number of benzene rings is 2. The van der Waals surface area contributed by atoms with Crippen LogP contribution < -0.4 is 16.4 Å². The Balaban J connectivity index is 1.78. The van der Waals surface area contributed by atoms with Gasteiger partial charge in [-0.3, -0.25) is 10.1 Å². The number of carbonyl (C=O) groups excluding carboxylic acids is 1. The Kier molecular flexibility index (Phi) is 7.83. The highest BCUT2D eigenvalue weighted by atomic mass is 32.1. The highest BCUT2D eigenvalue weighted by Gasteiger charge is 2.40. The van der Waals surface area contributed by atoms with E-state index in [0.717, 1.165) is 16.7 Å². The van der Waals surface area contributed by atoms with Gasteiger partial charge in [-0.25, -0.2) is 4.98 Å². The van der Waals surface area contributed by atoms with Gasteiger partial charge in [0.25, 0.3) is 11.7 Å². The van der Waals surface area contributed by atoms with E-state index in [1.165, 1.54) is 0 Å². The standard InChI is InChI=1S/C21H24N4O14S/c22-19-24-7(4-40-19)21(38,39)18(35)25-8-13(30)9(26)5(10(27)14(8)31)1-2-23-20(36,37)3-6-11(28)15(32)17(34)16(33)12(6)29/h4,23,26-34,36-39H,1-3H2,(H2,22,24)(H,25,35). The molecule has 0 atom stereocenters. The Labute approximate surface area is 226 Å². The third-order valence-electron chi connectivity index (χ3n) is 5.60. The molecule has 1 heterocycles. The van der Waals surface area contributed by atoms with Crippen LogP contribution in [0.2, 0.25) is 0 Å². The Morgan fingerprint density at radius 1 is 0.775 bits per heavy atom. The van der Waals surface area contributed by atoms with Crippen LogP contribution in [-0.4, -0.2) is 89.7 Å². The number of hydrogen-bond donors (Lipinski definition) is 16. The van der Waals surface area contributed by atoms with Gasteiger partial charge in [0.2, 0.25) is 23.2 Å². The predicted molar refractivity (Wildman–Crippen MR) is 132 cm³/mol. The van der Waals surface area contributed by atoms with Crippen LogP contribution in [0.3, 0.4) is 0 Å². The first-order chi connectivity index (χ1) is 18.4. The fourth-order valence-corrected chi connectivity index (χ4v) is 4.07. The van der Waals surface area contributed by atoms with Gasteiger partial charge in [-0.15, -0.1) is 11.3 Å². The van der Waals surface area contributed by atoms with Crippen LogP contribution in [0.4, 0.5) is 10.8 Å². The molecule has 0 aliphatic rings. The summed E-state index contributed by atoms with van der Waals surface area (Å²) >= 11 is 0.770. The number of nitrogens with zero attached hydrogens (tertiary/aromatic N) is 1. The molecule has 0 aliphatic heterocycles. The van der Waals surface area contributed by atoms with Crippen LogP contribution in [0.5, 0.6) is 51.7 Å². The number of amides is 1. The molecule has 3 aromatic rings. The molecular weight excluding hydrogens is 564 g/mol. The van der Waals surface area contributed by atoms with Crippen LogP contribution in [0.1, 0.15) is 16.8 Å². The van der Waals surface area contributed by atoms with E-state index in [9.17, 15) is 71.2 Å². The number of carbonyl (C=O) groups is 1. The molecule has 0 aliphatic carbocycles. The molecule has 1 aromatic heterocycles. The second-order valence-electron chi connectivity index (χ2n) is 8.34. The SMILES string of the molecule is Nc1nc(C(O)(O)C(=O)Nc2c(O)c(O)c(CCNC(O)(O)Cc3c(O)c(O)c(O)c(O)c3O)c(O)c2O)cs1. The Bertz CT molecular complexity index is 1410. The summed E-state index contributed by atoms with van der Waals surface area (Å²) in [4.78, 5) is 15.9. The average molecular weight is 589 g/mol. The van der Waals surface area contributed by atoms with E-state index in [2.05, 4.69) is 10.3 Å². The second kappa shape index (κ2) is 10.5. The van der Waals surface area contributed by atoms with Crippen molar-refractivity contribution in [3.05, 3.63) is 22.2 Å². The number of nitrogen functional groups attached to an aromatic ring is 1. The summed E-state index contributed by atoms with van der Waals surface area (Å²) in [7, 11) is 0. The quantitative estimate of drug-likeness (QED) is 0.0720. The predicted octanol–water partition coefficient (Wildman–Crippen LogP) is -2.13. The first-order valence-corrected chi connectivity index (χ1v) is 11.6. The van der Waals surface area contributed by atoms with Gasteiger partial charge in [0.1, 0.15) is 11.4 Å². The highest BCUT2D eigenvalue weighted by molar-refractivity contribution is 7.13. The number of anilines is 2. The van der Waals surface area contributed by atoms with Crippen molar-refractivity contribution in [2.24, 2.45) is 0 Å². The van der Waals surface area contributed by atoms with Crippen molar-refractivity contribution in [2.75, 3.05) is 17.6 Å². The van der Waals surface area contributed by atoms with E-state index in [4.69, 9.17) is 5.73 Å². The topological polar surface area (TPSA) is 343 Å². The van der Waals surface area contributed by atoms with Crippen LogP contribution in [0.15, 0.2) is 5.38 Å². The molecule has 2 aromatic carbocycles. The molecule has 18 nitrogen and oxygen atoms in total. The zero-order chi connectivity index (χ0) is 30.3. The van der Waals surface area contributed by atoms with Gasteiger partial charge in [-0.2, -0.15) is 0 Å². The Morgan fingerprint density at radius 2 is 1.25 bits per heavy atom. The second-order valence-corrected chi connectivity index (χ2v) is 9.23. The molecule has 218 valence electrons. The van der Waals surface area contributed by atoms with Crippen molar-refractivity contribution in [1.82, 2.24) is 10.3 Å². The minimum Gasteiger partial charge on any atom is -0.504 e. The lowest BCUT2D eigenvalue weighted by Crippen LogP contribution is -2.47. The molecule has 0 spiro atoms. The fraction of sp³-hybridized carbons (Fsp3) is 0.238. The van der Waals surface area contributed by atoms with Gasteiger partial charge >= 0.3 is 0 Å². The monoisotopic (exact) mass is 588 g/mol. The Morgan fingerprint density at radius 3 is 1.73 bits per heavy atom. The van der Waals surface area contributed by atoms with E-state index in [-0.39, 0.29) is 5.13 Å². The van der Waals surface area contributed by atoms with E-state index >= 15 is 0 Å². The van der Waals surface area contributed by atoms with Crippen molar-refractivity contribution in [3.63, 3.8) is 0 Å². The van der Waals surface area contributed by atoms with Crippen molar-refractivity contribution < 1.29 is 71.2 Å². The Hall–Kier alpha value is -4.66. The third kappa shape index (κ3) is 5.40. The molecule has 3 rings (SSSR count). The maximum absolute atomic E-state index is 12.4. The minimum absolute atomic E-state index is 0.114. The van der Waals surface area contributed by atoms with Crippen molar-refractivity contribution in [2.45, 2.75) is 24.5 Å². The molecule has 0 saturated carbocycles. The fourth-order valence-electron chi connectivity index (χ4n) is 3.47. The number of hydrogen-bond acceptors (Lipinski definition) is 18. The van der Waals surface area contributed by atoms with Gasteiger partial charge in [0.05, 0.1) is 5.56 Å². The molecule has 17 N–H and O–H groups in total. The van der Waals surface area contributed by atoms with Crippen molar-refractivity contribution >= 4 is 28.1 Å². The molecule has 40 heavy (non-hydrogen) atoms. The molecule has 1 amide bonds. The molecule has 0 unspecified atom stereocenters. The number of phenols is 9. The summed E-state index contributed by atoms with van der Waals surface area (Å²) in [6.45, 7) is -0.572. The highest BCUT2D eigenvalue weighted by Crippen LogP contribution is 2.52. The van der Waals surface area contributed by atoms with Gasteiger partial charge in [-0.1, -0.05) is 0 Å². The summed E-state index contributed by atoms with van der Waals surface area (Å²) in [6.07, 6.45) is -1.66. The molecule has 0 fully saturated rings. The third-order valence-corrected chi connectivity index (χ3v) is 6.28. The maximum atomic E-state index is 12.4. The number of rotatable bonds is 9. The van der Waals surface area contributed by atoms with Gasteiger partial charge in [0.15, 0.2) is 39.6 Å². The average Bonchev–Trinajstić information content (AvgIpc) is 3.34. The van der Waals surface area contributed by atoms with Gasteiger partial charge in [0, 0.05) is 23.9 Å².